The van der Waals surface area contributed by atoms with Crippen LogP contribution in [0.25, 0.3) is 11.1 Å². The molecule has 0 aliphatic rings. The zero-order chi connectivity index (χ0) is 10.7. The Labute approximate surface area is 92.5 Å². The summed E-state index contributed by atoms with van der Waals surface area (Å²) in [7, 11) is 0. The fraction of sp³-hybridized carbons (Fsp3) is 0.0833. The van der Waals surface area contributed by atoms with Gasteiger partial charge in [-0.25, -0.2) is 4.39 Å². The predicted molar refractivity (Wildman–Crippen MR) is 59.2 cm³/mol. The van der Waals surface area contributed by atoms with Crippen LogP contribution >= 0.6 is 11.6 Å². The Morgan fingerprint density at radius 3 is 2.67 bits per heavy atom. The monoisotopic (exact) mass is 221 g/mol. The molecule has 1 aromatic heterocycles. The van der Waals surface area contributed by atoms with E-state index in [9.17, 15) is 4.39 Å². The Hall–Kier alpha value is -1.41. The van der Waals surface area contributed by atoms with Crippen molar-refractivity contribution in [3.8, 4) is 11.1 Å². The van der Waals surface area contributed by atoms with Crippen molar-refractivity contribution >= 4 is 11.6 Å². The molecular formula is C12H9ClFN. The first-order chi connectivity index (χ1) is 7.31. The average Bonchev–Trinajstić information content (AvgIpc) is 2.30. The van der Waals surface area contributed by atoms with Gasteiger partial charge in [0.05, 0.1) is 5.88 Å². The van der Waals surface area contributed by atoms with E-state index < -0.39 is 0 Å². The number of halogens is 2. The van der Waals surface area contributed by atoms with Crippen molar-refractivity contribution in [2.75, 3.05) is 0 Å². The van der Waals surface area contributed by atoms with Crippen LogP contribution in [0.5, 0.6) is 0 Å². The normalized spacial score (nSPS) is 10.3. The van der Waals surface area contributed by atoms with Crippen molar-refractivity contribution in [1.29, 1.82) is 0 Å². The molecule has 0 radical (unpaired) electrons. The first-order valence-corrected chi connectivity index (χ1v) is 5.09. The molecule has 0 aliphatic heterocycles. The smallest absolute Gasteiger partial charge is 0.128 e. The number of hydrogen-bond donors (Lipinski definition) is 0. The Balaban J connectivity index is 2.43. The van der Waals surface area contributed by atoms with Gasteiger partial charge in [-0.05, 0) is 17.7 Å². The molecule has 3 heteroatoms. The van der Waals surface area contributed by atoms with Crippen LogP contribution in [0, 0.1) is 5.82 Å². The Bertz CT molecular complexity index is 456. The molecule has 0 bridgehead atoms. The fourth-order valence-electron chi connectivity index (χ4n) is 1.37. The zero-order valence-corrected chi connectivity index (χ0v) is 8.71. The Morgan fingerprint density at radius 1 is 1.20 bits per heavy atom. The fourth-order valence-corrected chi connectivity index (χ4v) is 1.59. The maximum absolute atomic E-state index is 13.4. The first kappa shape index (κ1) is 10.1. The van der Waals surface area contributed by atoms with E-state index in [1.54, 1.807) is 18.5 Å². The summed E-state index contributed by atoms with van der Waals surface area (Å²) in [6, 6.07) is 8.74. The average molecular weight is 222 g/mol. The van der Waals surface area contributed by atoms with Crippen LogP contribution < -0.4 is 0 Å². The van der Waals surface area contributed by atoms with E-state index in [1.165, 1.54) is 6.07 Å². The third-order valence-corrected chi connectivity index (χ3v) is 2.48. The number of benzene rings is 1. The predicted octanol–water partition coefficient (Wildman–Crippen LogP) is 3.63. The molecule has 0 fully saturated rings. The highest BCUT2D eigenvalue weighted by Gasteiger charge is 2.03. The second-order valence-corrected chi connectivity index (χ2v) is 3.45. The van der Waals surface area contributed by atoms with Crippen molar-refractivity contribution < 1.29 is 4.39 Å². The summed E-state index contributed by atoms with van der Waals surface area (Å²) in [6.45, 7) is 0. The first-order valence-electron chi connectivity index (χ1n) is 4.56. The van der Waals surface area contributed by atoms with Crippen molar-refractivity contribution in [1.82, 2.24) is 4.98 Å². The maximum Gasteiger partial charge on any atom is 0.128 e. The van der Waals surface area contributed by atoms with Crippen LogP contribution in [-0.2, 0) is 5.88 Å². The van der Waals surface area contributed by atoms with Crippen LogP contribution in [-0.4, -0.2) is 4.98 Å². The Kier molecular flexibility index (Phi) is 2.97. The molecule has 0 unspecified atom stereocenters. The lowest BCUT2D eigenvalue weighted by atomic mass is 10.1. The van der Waals surface area contributed by atoms with Crippen LogP contribution in [0.4, 0.5) is 4.39 Å². The topological polar surface area (TPSA) is 12.9 Å². The molecule has 15 heavy (non-hydrogen) atoms. The summed E-state index contributed by atoms with van der Waals surface area (Å²) in [5, 5.41) is 0. The zero-order valence-electron chi connectivity index (χ0n) is 7.95. The summed E-state index contributed by atoms with van der Waals surface area (Å²) in [6.07, 6.45) is 3.39. The second kappa shape index (κ2) is 4.41. The molecule has 0 saturated heterocycles. The number of aromatic nitrogens is 1. The van der Waals surface area contributed by atoms with Crippen LogP contribution in [0.3, 0.4) is 0 Å². The maximum atomic E-state index is 13.4. The number of alkyl halides is 1. The lowest BCUT2D eigenvalue weighted by molar-refractivity contribution is 0.617. The van der Waals surface area contributed by atoms with Crippen molar-refractivity contribution in [2.45, 2.75) is 5.88 Å². The molecule has 0 N–H and O–H groups in total. The summed E-state index contributed by atoms with van der Waals surface area (Å²) in [5.41, 5.74) is 2.23. The molecule has 2 rings (SSSR count). The summed E-state index contributed by atoms with van der Waals surface area (Å²) in [5.74, 6) is -0.0783. The van der Waals surface area contributed by atoms with E-state index in [0.29, 0.717) is 5.56 Å². The van der Waals surface area contributed by atoms with Gasteiger partial charge >= 0.3 is 0 Å². The van der Waals surface area contributed by atoms with Crippen molar-refractivity contribution in [2.24, 2.45) is 0 Å². The minimum absolute atomic E-state index is 0.194. The Morgan fingerprint density at radius 2 is 2.07 bits per heavy atom. The lowest BCUT2D eigenvalue weighted by Crippen LogP contribution is -1.87. The third kappa shape index (κ3) is 2.16. The largest absolute Gasteiger partial charge is 0.264 e. The highest BCUT2D eigenvalue weighted by molar-refractivity contribution is 6.17. The molecule has 0 aliphatic carbocycles. The SMILES string of the molecule is Fc1cc(-c2cccnc2)ccc1CCl. The van der Waals surface area contributed by atoms with Crippen LogP contribution in [0.2, 0.25) is 0 Å². The summed E-state index contributed by atoms with van der Waals surface area (Å²) in [4.78, 5) is 3.98. The molecule has 0 spiro atoms. The van der Waals surface area contributed by atoms with E-state index in [4.69, 9.17) is 11.6 Å². The molecule has 76 valence electrons. The third-order valence-electron chi connectivity index (χ3n) is 2.19. The molecular weight excluding hydrogens is 213 g/mol. The minimum Gasteiger partial charge on any atom is -0.264 e. The number of rotatable bonds is 2. The van der Waals surface area contributed by atoms with Gasteiger partial charge in [0, 0.05) is 23.5 Å². The van der Waals surface area contributed by atoms with E-state index in [0.717, 1.165) is 11.1 Å². The van der Waals surface area contributed by atoms with Crippen molar-refractivity contribution in [3.05, 3.63) is 54.1 Å². The quantitative estimate of drug-likeness (QED) is 0.706. The summed E-state index contributed by atoms with van der Waals surface area (Å²) < 4.78 is 13.4. The van der Waals surface area contributed by atoms with Gasteiger partial charge in [0.25, 0.3) is 0 Å². The van der Waals surface area contributed by atoms with E-state index in [2.05, 4.69) is 4.98 Å². The van der Waals surface area contributed by atoms with Gasteiger partial charge in [0.15, 0.2) is 0 Å². The number of hydrogen-bond acceptors (Lipinski definition) is 1. The van der Waals surface area contributed by atoms with Gasteiger partial charge in [0.1, 0.15) is 5.82 Å². The highest BCUT2D eigenvalue weighted by atomic mass is 35.5. The van der Waals surface area contributed by atoms with E-state index in [1.807, 2.05) is 18.2 Å². The molecule has 2 aromatic rings. The van der Waals surface area contributed by atoms with Gasteiger partial charge in [-0.2, -0.15) is 0 Å². The molecule has 1 heterocycles. The van der Waals surface area contributed by atoms with Gasteiger partial charge in [-0.15, -0.1) is 11.6 Å². The second-order valence-electron chi connectivity index (χ2n) is 3.18. The molecule has 0 amide bonds. The number of pyridine rings is 1. The van der Waals surface area contributed by atoms with Gasteiger partial charge < -0.3 is 0 Å². The summed E-state index contributed by atoms with van der Waals surface area (Å²) >= 11 is 5.58. The van der Waals surface area contributed by atoms with E-state index in [-0.39, 0.29) is 11.7 Å². The van der Waals surface area contributed by atoms with Crippen LogP contribution in [0.1, 0.15) is 5.56 Å². The van der Waals surface area contributed by atoms with Gasteiger partial charge in [-0.3, -0.25) is 4.98 Å². The minimum atomic E-state index is -0.272. The molecule has 0 saturated carbocycles. The molecule has 0 atom stereocenters. The van der Waals surface area contributed by atoms with Crippen LogP contribution in [0.15, 0.2) is 42.7 Å². The molecule has 1 nitrogen and oxygen atoms in total. The van der Waals surface area contributed by atoms with Crippen molar-refractivity contribution in [3.63, 3.8) is 0 Å². The standard InChI is InChI=1S/C12H9ClFN/c13-7-10-4-3-9(6-12(10)14)11-2-1-5-15-8-11/h1-6,8H,7H2. The highest BCUT2D eigenvalue weighted by Crippen LogP contribution is 2.21. The molecule has 1 aromatic carbocycles. The lowest BCUT2D eigenvalue weighted by Gasteiger charge is -2.03. The van der Waals surface area contributed by atoms with Gasteiger partial charge in [0.2, 0.25) is 0 Å². The number of nitrogens with zero attached hydrogens (tertiary/aromatic N) is 1. The van der Waals surface area contributed by atoms with Gasteiger partial charge in [-0.1, -0.05) is 18.2 Å². The van der Waals surface area contributed by atoms with E-state index >= 15 is 0 Å².